The van der Waals surface area contributed by atoms with E-state index in [0.717, 1.165) is 19.4 Å². The van der Waals surface area contributed by atoms with Crippen LogP contribution in [0.3, 0.4) is 0 Å². The van der Waals surface area contributed by atoms with E-state index >= 15 is 0 Å². The Hall–Kier alpha value is -0.480. The van der Waals surface area contributed by atoms with E-state index in [0.29, 0.717) is 5.41 Å². The molecule has 80 valence electrons. The van der Waals surface area contributed by atoms with Crippen LogP contribution in [-0.2, 0) is 0 Å². The highest BCUT2D eigenvalue weighted by Gasteiger charge is 2.25. The molecule has 0 amide bonds. The van der Waals surface area contributed by atoms with Gasteiger partial charge in [0.1, 0.15) is 0 Å². The van der Waals surface area contributed by atoms with Crippen LogP contribution in [0.25, 0.3) is 0 Å². The van der Waals surface area contributed by atoms with Crippen LogP contribution in [0.2, 0.25) is 0 Å². The van der Waals surface area contributed by atoms with Gasteiger partial charge < -0.3 is 5.32 Å². The van der Waals surface area contributed by atoms with Crippen molar-refractivity contribution in [3.05, 3.63) is 0 Å². The van der Waals surface area contributed by atoms with Gasteiger partial charge >= 0.3 is 0 Å². The molecule has 0 atom stereocenters. The normalized spacial score (nSPS) is 20.3. The Kier molecular flexibility index (Phi) is 5.04. The van der Waals surface area contributed by atoms with Crippen LogP contribution in [-0.4, -0.2) is 13.1 Å². The molecule has 1 nitrogen and oxygen atoms in total. The van der Waals surface area contributed by atoms with Gasteiger partial charge in [0.25, 0.3) is 0 Å². The molecule has 1 aliphatic rings. The Labute approximate surface area is 88.7 Å². The molecule has 0 aromatic heterocycles. The zero-order valence-electron chi connectivity index (χ0n) is 9.44. The molecule has 1 N–H and O–H groups in total. The van der Waals surface area contributed by atoms with Gasteiger partial charge in [-0.1, -0.05) is 26.2 Å². The molecule has 0 heterocycles. The Morgan fingerprint density at radius 1 is 1.29 bits per heavy atom. The summed E-state index contributed by atoms with van der Waals surface area (Å²) in [4.78, 5) is 0. The van der Waals surface area contributed by atoms with Gasteiger partial charge in [0.15, 0.2) is 0 Å². The highest BCUT2D eigenvalue weighted by Crippen LogP contribution is 2.34. The zero-order valence-corrected chi connectivity index (χ0v) is 9.44. The predicted molar refractivity (Wildman–Crippen MR) is 62.1 cm³/mol. The molecular weight excluding hydrogens is 170 g/mol. The molecule has 0 aromatic carbocycles. The van der Waals surface area contributed by atoms with Gasteiger partial charge in [-0.2, -0.15) is 0 Å². The number of hydrogen-bond acceptors (Lipinski definition) is 1. The van der Waals surface area contributed by atoms with Gasteiger partial charge in [-0.3, -0.25) is 0 Å². The molecule has 1 heteroatoms. The fourth-order valence-electron chi connectivity index (χ4n) is 2.29. The molecule has 0 radical (unpaired) electrons. The standard InChI is InChI=1S/C13H23N/c1-3-4-8-11-14-12-13(2)9-6-5-7-10-13/h1,14H,4-12H2,2H3. The smallest absolute Gasteiger partial charge is 0.00981 e. The second-order valence-electron chi connectivity index (χ2n) is 4.86. The third-order valence-corrected chi connectivity index (χ3v) is 3.29. The molecule has 0 aromatic rings. The van der Waals surface area contributed by atoms with Gasteiger partial charge in [-0.05, 0) is 31.2 Å². The molecular formula is C13H23N. The van der Waals surface area contributed by atoms with E-state index in [1.807, 2.05) is 0 Å². The van der Waals surface area contributed by atoms with E-state index in [-0.39, 0.29) is 0 Å². The van der Waals surface area contributed by atoms with Crippen molar-refractivity contribution >= 4 is 0 Å². The van der Waals surface area contributed by atoms with Crippen molar-refractivity contribution in [3.8, 4) is 12.3 Å². The average Bonchev–Trinajstić information content (AvgIpc) is 2.18. The van der Waals surface area contributed by atoms with Crippen LogP contribution >= 0.6 is 0 Å². The second-order valence-corrected chi connectivity index (χ2v) is 4.86. The second kappa shape index (κ2) is 6.09. The summed E-state index contributed by atoms with van der Waals surface area (Å²) in [6, 6.07) is 0. The van der Waals surface area contributed by atoms with Gasteiger partial charge in [0.2, 0.25) is 0 Å². The van der Waals surface area contributed by atoms with Crippen molar-refractivity contribution in [2.75, 3.05) is 13.1 Å². The van der Waals surface area contributed by atoms with E-state index in [9.17, 15) is 0 Å². The summed E-state index contributed by atoms with van der Waals surface area (Å²) >= 11 is 0. The highest BCUT2D eigenvalue weighted by atomic mass is 14.9. The summed E-state index contributed by atoms with van der Waals surface area (Å²) < 4.78 is 0. The summed E-state index contributed by atoms with van der Waals surface area (Å²) in [7, 11) is 0. The first-order valence-electron chi connectivity index (χ1n) is 5.91. The number of hydrogen-bond donors (Lipinski definition) is 1. The summed E-state index contributed by atoms with van der Waals surface area (Å²) in [5.41, 5.74) is 0.564. The molecule has 1 saturated carbocycles. The molecule has 1 aliphatic carbocycles. The molecule has 0 saturated heterocycles. The Balaban J connectivity index is 2.07. The van der Waals surface area contributed by atoms with Crippen molar-refractivity contribution in [2.45, 2.75) is 51.9 Å². The maximum absolute atomic E-state index is 5.20. The molecule has 0 spiro atoms. The average molecular weight is 193 g/mol. The molecule has 0 bridgehead atoms. The number of rotatable bonds is 5. The van der Waals surface area contributed by atoms with E-state index in [1.54, 1.807) is 0 Å². The lowest BCUT2D eigenvalue weighted by atomic mass is 9.76. The lowest BCUT2D eigenvalue weighted by Gasteiger charge is -2.33. The Morgan fingerprint density at radius 2 is 2.00 bits per heavy atom. The molecule has 1 fully saturated rings. The fourth-order valence-corrected chi connectivity index (χ4v) is 2.29. The lowest BCUT2D eigenvalue weighted by molar-refractivity contribution is 0.208. The van der Waals surface area contributed by atoms with Gasteiger partial charge in [-0.15, -0.1) is 12.3 Å². The largest absolute Gasteiger partial charge is 0.316 e. The van der Waals surface area contributed by atoms with Crippen molar-refractivity contribution in [2.24, 2.45) is 5.41 Å². The lowest BCUT2D eigenvalue weighted by Crippen LogP contribution is -2.34. The van der Waals surface area contributed by atoms with Crippen LogP contribution < -0.4 is 5.32 Å². The minimum Gasteiger partial charge on any atom is -0.316 e. The van der Waals surface area contributed by atoms with Crippen LogP contribution in [0.4, 0.5) is 0 Å². The predicted octanol–water partition coefficient (Wildman–Crippen LogP) is 2.96. The SMILES string of the molecule is C#CCCCNCC1(C)CCCCC1. The quantitative estimate of drug-likeness (QED) is 0.523. The first-order chi connectivity index (χ1) is 6.77. The maximum atomic E-state index is 5.20. The van der Waals surface area contributed by atoms with Crippen molar-refractivity contribution in [1.29, 1.82) is 0 Å². The van der Waals surface area contributed by atoms with Gasteiger partial charge in [-0.25, -0.2) is 0 Å². The van der Waals surface area contributed by atoms with Gasteiger partial charge in [0.05, 0.1) is 0 Å². The van der Waals surface area contributed by atoms with Crippen molar-refractivity contribution in [1.82, 2.24) is 5.32 Å². The van der Waals surface area contributed by atoms with Crippen LogP contribution in [0.15, 0.2) is 0 Å². The minimum absolute atomic E-state index is 0.564. The number of nitrogens with one attached hydrogen (secondary N) is 1. The number of unbranched alkanes of at least 4 members (excludes halogenated alkanes) is 1. The Bertz CT molecular complexity index is 184. The highest BCUT2D eigenvalue weighted by molar-refractivity contribution is 4.84. The molecule has 14 heavy (non-hydrogen) atoms. The monoisotopic (exact) mass is 193 g/mol. The van der Waals surface area contributed by atoms with E-state index in [4.69, 9.17) is 6.42 Å². The molecule has 1 rings (SSSR count). The number of terminal acetylenes is 1. The summed E-state index contributed by atoms with van der Waals surface area (Å²) in [5.74, 6) is 2.68. The third kappa shape index (κ3) is 4.15. The topological polar surface area (TPSA) is 12.0 Å². The fraction of sp³-hybridized carbons (Fsp3) is 0.846. The van der Waals surface area contributed by atoms with Crippen LogP contribution in [0, 0.1) is 17.8 Å². The first kappa shape index (κ1) is 11.6. The maximum Gasteiger partial charge on any atom is 0.00981 e. The minimum atomic E-state index is 0.564. The van der Waals surface area contributed by atoms with E-state index in [1.165, 1.54) is 38.6 Å². The third-order valence-electron chi connectivity index (χ3n) is 3.29. The van der Waals surface area contributed by atoms with Crippen LogP contribution in [0.1, 0.15) is 51.9 Å². The molecule has 0 unspecified atom stereocenters. The van der Waals surface area contributed by atoms with Crippen LogP contribution in [0.5, 0.6) is 0 Å². The van der Waals surface area contributed by atoms with Gasteiger partial charge in [0, 0.05) is 13.0 Å². The summed E-state index contributed by atoms with van der Waals surface area (Å²) in [5, 5.41) is 3.53. The van der Waals surface area contributed by atoms with Crippen molar-refractivity contribution in [3.63, 3.8) is 0 Å². The summed E-state index contributed by atoms with van der Waals surface area (Å²) in [6.45, 7) is 4.68. The van der Waals surface area contributed by atoms with E-state index in [2.05, 4.69) is 18.2 Å². The molecule has 0 aliphatic heterocycles. The zero-order chi connectivity index (χ0) is 10.3. The van der Waals surface area contributed by atoms with Crippen molar-refractivity contribution < 1.29 is 0 Å². The Morgan fingerprint density at radius 3 is 2.64 bits per heavy atom. The summed E-state index contributed by atoms with van der Waals surface area (Å²) in [6.07, 6.45) is 14.3. The van der Waals surface area contributed by atoms with E-state index < -0.39 is 0 Å². The first-order valence-corrected chi connectivity index (χ1v) is 5.91.